The van der Waals surface area contributed by atoms with Crippen molar-refractivity contribution in [3.8, 4) is 6.07 Å². The lowest BCUT2D eigenvalue weighted by atomic mass is 9.87. The summed E-state index contributed by atoms with van der Waals surface area (Å²) in [7, 11) is 0. The van der Waals surface area contributed by atoms with E-state index in [0.717, 1.165) is 0 Å². The van der Waals surface area contributed by atoms with Gasteiger partial charge in [0.15, 0.2) is 11.4 Å². The number of hydrogen-bond donors (Lipinski definition) is 2. The van der Waals surface area contributed by atoms with Crippen LogP contribution >= 0.6 is 0 Å². The first-order valence-corrected chi connectivity index (χ1v) is 10.6. The lowest BCUT2D eigenvalue weighted by Crippen LogP contribution is -2.56. The second-order valence-corrected chi connectivity index (χ2v) is 8.63. The van der Waals surface area contributed by atoms with E-state index in [1.165, 1.54) is 35.1 Å². The predicted molar refractivity (Wildman–Crippen MR) is 115 cm³/mol. The van der Waals surface area contributed by atoms with E-state index in [-0.39, 0.29) is 11.4 Å². The molecular weight excluding hydrogens is 431 g/mol. The Morgan fingerprint density at radius 3 is 2.64 bits per heavy atom. The van der Waals surface area contributed by atoms with Crippen molar-refractivity contribution >= 4 is 23.5 Å². The van der Waals surface area contributed by atoms with Crippen LogP contribution in [0.1, 0.15) is 36.7 Å². The molecule has 0 spiro atoms. The molecule has 2 saturated heterocycles. The number of nitriles is 1. The van der Waals surface area contributed by atoms with Crippen LogP contribution in [0.2, 0.25) is 0 Å². The first-order valence-electron chi connectivity index (χ1n) is 10.6. The van der Waals surface area contributed by atoms with E-state index in [4.69, 9.17) is 15.2 Å². The van der Waals surface area contributed by atoms with Gasteiger partial charge in [-0.1, -0.05) is 0 Å². The van der Waals surface area contributed by atoms with Crippen LogP contribution in [-0.2, 0) is 9.47 Å². The van der Waals surface area contributed by atoms with E-state index in [9.17, 15) is 19.2 Å². The first-order chi connectivity index (χ1) is 15.7. The first kappa shape index (κ1) is 22.5. The summed E-state index contributed by atoms with van der Waals surface area (Å²) in [6.07, 6.45) is 1.40. The molecule has 2 aliphatic rings. The Bertz CT molecular complexity index is 1090. The molecule has 3 N–H and O–H groups in total. The zero-order valence-corrected chi connectivity index (χ0v) is 18.3. The van der Waals surface area contributed by atoms with Gasteiger partial charge in [-0.3, -0.25) is 9.48 Å². The van der Waals surface area contributed by atoms with Gasteiger partial charge in [-0.25, -0.2) is 9.18 Å². The van der Waals surface area contributed by atoms with Crippen LogP contribution in [0.5, 0.6) is 0 Å². The number of ether oxygens (including phenoxy) is 2. The summed E-state index contributed by atoms with van der Waals surface area (Å²) in [6.45, 7) is 4.65. The molecule has 0 radical (unpaired) electrons. The second-order valence-electron chi connectivity index (χ2n) is 8.63. The molecule has 3 atom stereocenters. The van der Waals surface area contributed by atoms with Gasteiger partial charge < -0.3 is 25.4 Å². The van der Waals surface area contributed by atoms with Gasteiger partial charge in [0.2, 0.25) is 0 Å². The molecular formula is C22H25FN6O4. The van der Waals surface area contributed by atoms with Crippen LogP contribution < -0.4 is 11.1 Å². The molecule has 0 bridgehead atoms. The van der Waals surface area contributed by atoms with Gasteiger partial charge in [0.25, 0.3) is 5.91 Å². The van der Waals surface area contributed by atoms with Crippen LogP contribution in [0.4, 0.5) is 20.7 Å². The predicted octanol–water partition coefficient (Wildman–Crippen LogP) is 2.57. The second kappa shape index (κ2) is 8.71. The normalized spacial score (nSPS) is 23.8. The Hall–Kier alpha value is -3.65. The molecule has 3 heterocycles. The highest BCUT2D eigenvalue weighted by Crippen LogP contribution is 2.35. The molecule has 4 rings (SSSR count). The lowest BCUT2D eigenvalue weighted by molar-refractivity contribution is -0.174. The number of nitrogens with one attached hydrogen (secondary N) is 1. The molecule has 0 saturated carbocycles. The van der Waals surface area contributed by atoms with E-state index >= 15 is 0 Å². The lowest BCUT2D eigenvalue weighted by Gasteiger charge is -2.44. The van der Waals surface area contributed by atoms with Crippen molar-refractivity contribution < 1.29 is 23.5 Å². The van der Waals surface area contributed by atoms with E-state index in [2.05, 4.69) is 16.5 Å². The summed E-state index contributed by atoms with van der Waals surface area (Å²) in [5.74, 6) is -1.39. The number of anilines is 2. The van der Waals surface area contributed by atoms with Crippen molar-refractivity contribution in [3.63, 3.8) is 0 Å². The maximum Gasteiger partial charge on any atom is 0.410 e. The molecule has 3 unspecified atom stereocenters. The third-order valence-electron chi connectivity index (χ3n) is 6.04. The van der Waals surface area contributed by atoms with Crippen molar-refractivity contribution in [2.24, 2.45) is 11.7 Å². The summed E-state index contributed by atoms with van der Waals surface area (Å²) < 4.78 is 25.5. The molecule has 174 valence electrons. The Balaban J connectivity index is 1.61. The van der Waals surface area contributed by atoms with Crippen molar-refractivity contribution in [1.29, 1.82) is 5.26 Å². The number of rotatable bonds is 5. The van der Waals surface area contributed by atoms with Gasteiger partial charge in [-0.05, 0) is 44.5 Å². The molecule has 1 aromatic carbocycles. The van der Waals surface area contributed by atoms with Gasteiger partial charge in [-0.2, -0.15) is 10.4 Å². The number of halogens is 1. The summed E-state index contributed by atoms with van der Waals surface area (Å²) in [4.78, 5) is 26.5. The SMILES string of the molecule is CC1C(n2cc(C(N)=O)c(Nc3ccc(F)cc3)n2)C(C#N)CCN1C(=O)OC1(C)COC1. The zero-order chi connectivity index (χ0) is 23.8. The van der Waals surface area contributed by atoms with E-state index in [1.54, 1.807) is 11.8 Å². The fourth-order valence-electron chi connectivity index (χ4n) is 4.18. The quantitative estimate of drug-likeness (QED) is 0.706. The van der Waals surface area contributed by atoms with Gasteiger partial charge in [0, 0.05) is 18.4 Å². The molecule has 2 amide bonds. The highest BCUT2D eigenvalue weighted by molar-refractivity contribution is 5.98. The van der Waals surface area contributed by atoms with E-state index < -0.39 is 41.4 Å². The molecule has 2 fully saturated rings. The van der Waals surface area contributed by atoms with Crippen molar-refractivity contribution in [2.75, 3.05) is 25.1 Å². The molecule has 2 aliphatic heterocycles. The number of nitrogens with two attached hydrogens (primary N) is 1. The monoisotopic (exact) mass is 456 g/mol. The molecule has 2 aromatic rings. The number of aromatic nitrogens is 2. The van der Waals surface area contributed by atoms with Crippen LogP contribution in [0, 0.1) is 23.1 Å². The minimum atomic E-state index is -0.711. The number of primary amides is 1. The highest BCUT2D eigenvalue weighted by Gasteiger charge is 2.44. The number of carbonyl (C=O) groups is 2. The number of piperidine rings is 1. The maximum absolute atomic E-state index is 13.2. The van der Waals surface area contributed by atoms with Crippen molar-refractivity contribution in [1.82, 2.24) is 14.7 Å². The Morgan fingerprint density at radius 1 is 1.36 bits per heavy atom. The molecule has 10 nitrogen and oxygen atoms in total. The fourth-order valence-corrected chi connectivity index (χ4v) is 4.18. The summed E-state index contributed by atoms with van der Waals surface area (Å²) in [5.41, 5.74) is 5.52. The summed E-state index contributed by atoms with van der Waals surface area (Å²) in [5, 5.41) is 17.2. The number of nitrogens with zero attached hydrogens (tertiary/aromatic N) is 4. The van der Waals surface area contributed by atoms with Crippen LogP contribution in [0.25, 0.3) is 0 Å². The Kier molecular flexibility index (Phi) is 5.95. The Morgan fingerprint density at radius 2 is 2.06 bits per heavy atom. The van der Waals surface area contributed by atoms with Gasteiger partial charge in [-0.15, -0.1) is 0 Å². The molecule has 1 aromatic heterocycles. The molecule has 0 aliphatic carbocycles. The largest absolute Gasteiger partial charge is 0.438 e. The van der Waals surface area contributed by atoms with Crippen LogP contribution in [0.15, 0.2) is 30.5 Å². The van der Waals surface area contributed by atoms with E-state index in [0.29, 0.717) is 31.9 Å². The highest BCUT2D eigenvalue weighted by atomic mass is 19.1. The Labute approximate surface area is 190 Å². The number of carbonyl (C=O) groups excluding carboxylic acids is 2. The van der Waals surface area contributed by atoms with Gasteiger partial charge >= 0.3 is 6.09 Å². The third-order valence-corrected chi connectivity index (χ3v) is 6.04. The van der Waals surface area contributed by atoms with Crippen LogP contribution in [0.3, 0.4) is 0 Å². The van der Waals surface area contributed by atoms with Gasteiger partial charge in [0.1, 0.15) is 11.4 Å². The summed E-state index contributed by atoms with van der Waals surface area (Å²) >= 11 is 0. The number of amides is 2. The average molecular weight is 456 g/mol. The number of benzene rings is 1. The smallest absolute Gasteiger partial charge is 0.410 e. The summed E-state index contributed by atoms with van der Waals surface area (Å²) in [6, 6.07) is 6.86. The zero-order valence-electron chi connectivity index (χ0n) is 18.3. The topological polar surface area (TPSA) is 136 Å². The van der Waals surface area contributed by atoms with Crippen molar-refractivity contribution in [3.05, 3.63) is 41.8 Å². The fraction of sp³-hybridized carbons (Fsp3) is 0.455. The minimum absolute atomic E-state index is 0.113. The van der Waals surface area contributed by atoms with E-state index in [1.807, 2.05) is 6.92 Å². The number of likely N-dealkylation sites (tertiary alicyclic amines) is 1. The standard InChI is InChI=1S/C22H25FN6O4/c1-13-18(14(9-24)7-8-28(13)21(31)33-22(2)11-32-12-22)29-10-17(19(25)30)20(27-29)26-16-5-3-15(23)4-6-16/h3-6,10,13-14,18H,7-8,11-12H2,1-2H3,(H2,25,30)(H,26,27). The molecule has 11 heteroatoms. The third kappa shape index (κ3) is 4.47. The maximum atomic E-state index is 13.2. The molecule has 33 heavy (non-hydrogen) atoms. The average Bonchev–Trinajstić information content (AvgIpc) is 3.17. The van der Waals surface area contributed by atoms with Gasteiger partial charge in [0.05, 0.1) is 37.3 Å². The number of hydrogen-bond acceptors (Lipinski definition) is 7. The minimum Gasteiger partial charge on any atom is -0.438 e. The van der Waals surface area contributed by atoms with Crippen LogP contribution in [-0.4, -0.2) is 58.1 Å². The van der Waals surface area contributed by atoms with Crippen molar-refractivity contribution in [2.45, 2.75) is 38.0 Å².